The van der Waals surface area contributed by atoms with Crippen molar-refractivity contribution < 1.29 is 38.4 Å². The van der Waals surface area contributed by atoms with Crippen molar-refractivity contribution >= 4 is 30.1 Å². The summed E-state index contributed by atoms with van der Waals surface area (Å²) in [5, 5.41) is 0. The maximum atomic E-state index is 13.3. The van der Waals surface area contributed by atoms with E-state index in [-0.39, 0.29) is 40.9 Å². The third kappa shape index (κ3) is 9.34. The Morgan fingerprint density at radius 2 is 0.829 bits per heavy atom. The summed E-state index contributed by atoms with van der Waals surface area (Å²) in [6.45, 7) is -0.788. The van der Waals surface area contributed by atoms with E-state index in [2.05, 4.69) is 9.44 Å². The molecule has 0 saturated carbocycles. The number of nitrogens with zero attached hydrogens (tertiary/aromatic N) is 1. The zero-order chi connectivity index (χ0) is 30.1. The first-order valence-electron chi connectivity index (χ1n) is 11.9. The third-order valence-corrected chi connectivity index (χ3v) is 10.2. The Hall–Kier alpha value is -3.34. The van der Waals surface area contributed by atoms with Crippen LogP contribution in [0.15, 0.2) is 112 Å². The maximum Gasteiger partial charge on any atom is 0.243 e. The van der Waals surface area contributed by atoms with Crippen molar-refractivity contribution in [2.45, 2.75) is 14.7 Å². The minimum atomic E-state index is -4.13. The van der Waals surface area contributed by atoms with Crippen molar-refractivity contribution in [1.82, 2.24) is 13.7 Å². The molecule has 9 nitrogen and oxygen atoms in total. The highest BCUT2D eigenvalue weighted by molar-refractivity contribution is 7.90. The Morgan fingerprint density at radius 3 is 1.17 bits per heavy atom. The van der Waals surface area contributed by atoms with Gasteiger partial charge in [0.2, 0.25) is 30.1 Å². The smallest absolute Gasteiger partial charge is 0.207 e. The minimum Gasteiger partial charge on any atom is -0.207 e. The molecule has 0 fully saturated rings. The van der Waals surface area contributed by atoms with Crippen LogP contribution in [0.3, 0.4) is 0 Å². The fraction of sp³-hybridized carbons (Fsp3) is 0.154. The van der Waals surface area contributed by atoms with Crippen LogP contribution in [0.2, 0.25) is 0 Å². The SMILES string of the molecule is O=S(=O)(NC/C=C/CN(C/C=C/CNS(=O)(=O)c1ccc(F)cc1)S(=O)(=O)c1ccc(F)cc1)c1ccc(F)cc1. The zero-order valence-electron chi connectivity index (χ0n) is 21.3. The standard InChI is InChI=1S/C26H26F3N3O6S3/c27-21-5-11-24(12-6-21)39(33,34)30-17-1-3-19-32(41(37,38)26-15-9-23(29)10-16-26)20-4-2-18-31-40(35,36)25-13-7-22(28)8-14-25/h1-16,30-31H,17-20H2/b3-1+,4-2+. The summed E-state index contributed by atoms with van der Waals surface area (Å²) >= 11 is 0. The molecule has 0 spiro atoms. The van der Waals surface area contributed by atoms with E-state index >= 15 is 0 Å². The molecule has 0 amide bonds. The van der Waals surface area contributed by atoms with Gasteiger partial charge in [-0.3, -0.25) is 0 Å². The van der Waals surface area contributed by atoms with Gasteiger partial charge in [0.25, 0.3) is 0 Å². The molecule has 0 aliphatic carbocycles. The molecule has 41 heavy (non-hydrogen) atoms. The molecule has 0 saturated heterocycles. The molecule has 0 unspecified atom stereocenters. The molecule has 15 heteroatoms. The van der Waals surface area contributed by atoms with E-state index in [4.69, 9.17) is 0 Å². The average Bonchev–Trinajstić information content (AvgIpc) is 2.92. The Balaban J connectivity index is 1.65. The Morgan fingerprint density at radius 1 is 0.512 bits per heavy atom. The van der Waals surface area contributed by atoms with E-state index in [0.29, 0.717) is 0 Å². The van der Waals surface area contributed by atoms with Crippen molar-refractivity contribution in [2.75, 3.05) is 26.2 Å². The number of hydrogen-bond acceptors (Lipinski definition) is 6. The molecule has 0 atom stereocenters. The molecule has 220 valence electrons. The fourth-order valence-electron chi connectivity index (χ4n) is 3.29. The van der Waals surface area contributed by atoms with Crippen molar-refractivity contribution in [2.24, 2.45) is 0 Å². The number of hydrogen-bond donors (Lipinski definition) is 2. The van der Waals surface area contributed by atoms with E-state index in [1.54, 1.807) is 0 Å². The van der Waals surface area contributed by atoms with E-state index in [1.165, 1.54) is 24.3 Å². The number of benzene rings is 3. The van der Waals surface area contributed by atoms with Crippen LogP contribution in [0, 0.1) is 17.5 Å². The van der Waals surface area contributed by atoms with Crippen molar-refractivity contribution in [3.8, 4) is 0 Å². The zero-order valence-corrected chi connectivity index (χ0v) is 23.8. The van der Waals surface area contributed by atoms with Crippen LogP contribution in [0.5, 0.6) is 0 Å². The summed E-state index contributed by atoms with van der Waals surface area (Å²) in [7, 11) is -12.0. The summed E-state index contributed by atoms with van der Waals surface area (Å²) < 4.78 is 121. The van der Waals surface area contributed by atoms with Crippen LogP contribution >= 0.6 is 0 Å². The molecule has 0 aromatic heterocycles. The predicted octanol–water partition coefficient (Wildman–Crippen LogP) is 3.16. The second-order valence-corrected chi connectivity index (χ2v) is 13.8. The van der Waals surface area contributed by atoms with Crippen LogP contribution in [-0.4, -0.2) is 55.7 Å². The Kier molecular flexibility index (Phi) is 11.0. The quantitative estimate of drug-likeness (QED) is 0.264. The predicted molar refractivity (Wildman–Crippen MR) is 147 cm³/mol. The first-order chi connectivity index (χ1) is 19.3. The van der Waals surface area contributed by atoms with Crippen LogP contribution in [0.1, 0.15) is 0 Å². The van der Waals surface area contributed by atoms with Gasteiger partial charge >= 0.3 is 0 Å². The lowest BCUT2D eigenvalue weighted by atomic mass is 10.4. The molecule has 0 aliphatic heterocycles. The molecule has 2 N–H and O–H groups in total. The molecule has 3 aromatic rings. The van der Waals surface area contributed by atoms with Gasteiger partial charge in [0.1, 0.15) is 17.5 Å². The highest BCUT2D eigenvalue weighted by Crippen LogP contribution is 2.17. The first kappa shape index (κ1) is 32.2. The van der Waals surface area contributed by atoms with Crippen LogP contribution in [0.25, 0.3) is 0 Å². The highest BCUT2D eigenvalue weighted by Gasteiger charge is 2.22. The summed E-state index contributed by atoms with van der Waals surface area (Å²) in [6.07, 6.45) is 5.57. The van der Waals surface area contributed by atoms with Gasteiger partial charge < -0.3 is 0 Å². The van der Waals surface area contributed by atoms with E-state index in [0.717, 1.165) is 77.1 Å². The van der Waals surface area contributed by atoms with Gasteiger partial charge in [-0.1, -0.05) is 24.3 Å². The molecule has 0 radical (unpaired) electrons. The summed E-state index contributed by atoms with van der Waals surface area (Å²) in [5.41, 5.74) is 0. The minimum absolute atomic E-state index is 0.145. The largest absolute Gasteiger partial charge is 0.243 e. The number of rotatable bonds is 14. The van der Waals surface area contributed by atoms with E-state index < -0.39 is 47.5 Å². The van der Waals surface area contributed by atoms with E-state index in [9.17, 15) is 38.4 Å². The van der Waals surface area contributed by atoms with Gasteiger partial charge in [0, 0.05) is 26.2 Å². The molecule has 0 bridgehead atoms. The highest BCUT2D eigenvalue weighted by atomic mass is 32.2. The average molecular weight is 630 g/mol. The lowest BCUT2D eigenvalue weighted by molar-refractivity contribution is 0.473. The van der Waals surface area contributed by atoms with Crippen LogP contribution in [0.4, 0.5) is 13.2 Å². The van der Waals surface area contributed by atoms with Gasteiger partial charge in [-0.05, 0) is 72.8 Å². The molecule has 3 rings (SSSR count). The molecule has 0 aliphatic rings. The summed E-state index contributed by atoms with van der Waals surface area (Å²) in [6, 6.07) is 12.6. The maximum absolute atomic E-state index is 13.3. The summed E-state index contributed by atoms with van der Waals surface area (Å²) in [5.74, 6) is -1.81. The topological polar surface area (TPSA) is 130 Å². The van der Waals surface area contributed by atoms with Gasteiger partial charge in [-0.2, -0.15) is 4.31 Å². The number of nitrogens with one attached hydrogen (secondary N) is 2. The van der Waals surface area contributed by atoms with Gasteiger partial charge in [-0.25, -0.2) is 47.9 Å². The van der Waals surface area contributed by atoms with Gasteiger partial charge in [-0.15, -0.1) is 0 Å². The first-order valence-corrected chi connectivity index (χ1v) is 16.3. The third-order valence-electron chi connectivity index (χ3n) is 5.43. The summed E-state index contributed by atoms with van der Waals surface area (Å²) in [4.78, 5) is -0.476. The molecular formula is C26H26F3N3O6S3. The Labute approximate surface area is 237 Å². The van der Waals surface area contributed by atoms with Crippen LogP contribution in [-0.2, 0) is 30.1 Å². The second-order valence-electron chi connectivity index (χ2n) is 8.33. The van der Waals surface area contributed by atoms with Gasteiger partial charge in [0.15, 0.2) is 0 Å². The van der Waals surface area contributed by atoms with Crippen molar-refractivity contribution in [3.05, 3.63) is 115 Å². The fourth-order valence-corrected chi connectivity index (χ4v) is 6.58. The van der Waals surface area contributed by atoms with Crippen molar-refractivity contribution in [1.29, 1.82) is 0 Å². The number of sulfonamides is 3. The molecular weight excluding hydrogens is 603 g/mol. The van der Waals surface area contributed by atoms with Crippen molar-refractivity contribution in [3.63, 3.8) is 0 Å². The molecule has 0 heterocycles. The lowest BCUT2D eigenvalue weighted by Crippen LogP contribution is -2.32. The lowest BCUT2D eigenvalue weighted by Gasteiger charge is -2.19. The number of halogens is 3. The van der Waals surface area contributed by atoms with Crippen LogP contribution < -0.4 is 9.44 Å². The van der Waals surface area contributed by atoms with Gasteiger partial charge in [0.05, 0.1) is 14.7 Å². The monoisotopic (exact) mass is 629 g/mol. The normalized spacial score (nSPS) is 13.0. The molecule has 3 aromatic carbocycles. The Bertz CT molecular complexity index is 1600. The second kappa shape index (κ2) is 14.0. The van der Waals surface area contributed by atoms with E-state index in [1.807, 2.05) is 0 Å².